The SMILES string of the molecule is O=C(O)Nc1cnc(-c2cccc(Cl)c2)nc1. The highest BCUT2D eigenvalue weighted by Crippen LogP contribution is 2.19. The number of carboxylic acid groups (broad SMARTS) is 1. The van der Waals surface area contributed by atoms with Crippen LogP contribution in [0, 0.1) is 0 Å². The number of nitrogens with one attached hydrogen (secondary N) is 1. The number of anilines is 1. The van der Waals surface area contributed by atoms with Gasteiger partial charge in [-0.1, -0.05) is 23.7 Å². The van der Waals surface area contributed by atoms with Gasteiger partial charge >= 0.3 is 6.09 Å². The first kappa shape index (κ1) is 11.3. The number of nitrogens with zero attached hydrogens (tertiary/aromatic N) is 2. The van der Waals surface area contributed by atoms with Crippen molar-refractivity contribution in [3.05, 3.63) is 41.7 Å². The highest BCUT2D eigenvalue weighted by atomic mass is 35.5. The van der Waals surface area contributed by atoms with Crippen molar-refractivity contribution in [2.75, 3.05) is 5.32 Å². The molecule has 2 N–H and O–H groups in total. The second kappa shape index (κ2) is 4.80. The van der Waals surface area contributed by atoms with Crippen molar-refractivity contribution < 1.29 is 9.90 Å². The molecule has 1 amide bonds. The summed E-state index contributed by atoms with van der Waals surface area (Å²) >= 11 is 5.85. The summed E-state index contributed by atoms with van der Waals surface area (Å²) in [6.45, 7) is 0. The van der Waals surface area contributed by atoms with E-state index in [1.165, 1.54) is 12.4 Å². The van der Waals surface area contributed by atoms with Crippen LogP contribution in [0.4, 0.5) is 10.5 Å². The summed E-state index contributed by atoms with van der Waals surface area (Å²) in [6.07, 6.45) is 1.65. The zero-order valence-corrected chi connectivity index (χ0v) is 9.35. The third-order valence-electron chi connectivity index (χ3n) is 1.99. The van der Waals surface area contributed by atoms with Crippen molar-refractivity contribution in [3.8, 4) is 11.4 Å². The first-order valence-electron chi connectivity index (χ1n) is 4.73. The van der Waals surface area contributed by atoms with Crippen molar-refractivity contribution >= 4 is 23.4 Å². The van der Waals surface area contributed by atoms with Crippen LogP contribution < -0.4 is 5.32 Å². The Morgan fingerprint density at radius 2 is 2.00 bits per heavy atom. The Morgan fingerprint density at radius 3 is 2.59 bits per heavy atom. The summed E-state index contributed by atoms with van der Waals surface area (Å²) in [4.78, 5) is 18.5. The average Bonchev–Trinajstić information content (AvgIpc) is 2.29. The first-order chi connectivity index (χ1) is 8.15. The van der Waals surface area contributed by atoms with Crippen molar-refractivity contribution in [2.24, 2.45) is 0 Å². The van der Waals surface area contributed by atoms with E-state index >= 15 is 0 Å². The zero-order valence-electron chi connectivity index (χ0n) is 8.59. The van der Waals surface area contributed by atoms with Gasteiger partial charge in [0, 0.05) is 10.6 Å². The lowest BCUT2D eigenvalue weighted by atomic mass is 10.2. The van der Waals surface area contributed by atoms with Gasteiger partial charge in [-0.2, -0.15) is 0 Å². The molecule has 0 fully saturated rings. The minimum absolute atomic E-state index is 0.322. The van der Waals surface area contributed by atoms with Gasteiger partial charge in [0.15, 0.2) is 5.82 Å². The smallest absolute Gasteiger partial charge is 0.409 e. The molecule has 0 bridgehead atoms. The maximum atomic E-state index is 10.4. The number of benzene rings is 1. The summed E-state index contributed by atoms with van der Waals surface area (Å²) in [5, 5.41) is 11.3. The largest absolute Gasteiger partial charge is 0.465 e. The number of rotatable bonds is 2. The topological polar surface area (TPSA) is 75.1 Å². The highest BCUT2D eigenvalue weighted by molar-refractivity contribution is 6.30. The van der Waals surface area contributed by atoms with E-state index in [-0.39, 0.29) is 0 Å². The molecule has 0 aliphatic heterocycles. The fourth-order valence-corrected chi connectivity index (χ4v) is 1.48. The average molecular weight is 250 g/mol. The van der Waals surface area contributed by atoms with Crippen LogP contribution in [0.2, 0.25) is 5.02 Å². The summed E-state index contributed by atoms with van der Waals surface area (Å²) < 4.78 is 0. The quantitative estimate of drug-likeness (QED) is 0.858. The van der Waals surface area contributed by atoms with E-state index in [0.29, 0.717) is 16.5 Å². The van der Waals surface area contributed by atoms with Crippen LogP contribution in [0.25, 0.3) is 11.4 Å². The minimum atomic E-state index is -1.15. The van der Waals surface area contributed by atoms with E-state index < -0.39 is 6.09 Å². The molecule has 1 aromatic carbocycles. The number of carbonyl (C=O) groups is 1. The standard InChI is InChI=1S/C11H8ClN3O2/c12-8-3-1-2-7(4-8)10-13-5-9(6-14-10)15-11(16)17/h1-6,15H,(H,16,17). The normalized spacial score (nSPS) is 9.94. The fraction of sp³-hybridized carbons (Fsp3) is 0. The van der Waals surface area contributed by atoms with Gasteiger partial charge in [0.25, 0.3) is 0 Å². The Morgan fingerprint density at radius 1 is 1.29 bits per heavy atom. The van der Waals surface area contributed by atoms with Gasteiger partial charge < -0.3 is 5.11 Å². The molecule has 0 aliphatic carbocycles. The van der Waals surface area contributed by atoms with Crippen LogP contribution in [0.15, 0.2) is 36.7 Å². The highest BCUT2D eigenvalue weighted by Gasteiger charge is 2.03. The summed E-state index contributed by atoms with van der Waals surface area (Å²) in [7, 11) is 0. The molecule has 0 saturated carbocycles. The van der Waals surface area contributed by atoms with Gasteiger partial charge in [0.1, 0.15) is 0 Å². The molecule has 5 nitrogen and oxygen atoms in total. The molecule has 2 aromatic rings. The van der Waals surface area contributed by atoms with E-state index in [4.69, 9.17) is 16.7 Å². The van der Waals surface area contributed by atoms with Gasteiger partial charge in [0.05, 0.1) is 18.1 Å². The van der Waals surface area contributed by atoms with E-state index in [1.54, 1.807) is 18.2 Å². The minimum Gasteiger partial charge on any atom is -0.465 e. The van der Waals surface area contributed by atoms with Crippen LogP contribution in [0.5, 0.6) is 0 Å². The molecular formula is C11H8ClN3O2. The second-order valence-corrected chi connectivity index (χ2v) is 3.67. The third kappa shape index (κ3) is 2.92. The van der Waals surface area contributed by atoms with E-state index in [1.807, 2.05) is 6.07 Å². The molecule has 0 radical (unpaired) electrons. The van der Waals surface area contributed by atoms with Gasteiger partial charge in [-0.15, -0.1) is 0 Å². The monoisotopic (exact) mass is 249 g/mol. The van der Waals surface area contributed by atoms with E-state index in [2.05, 4.69) is 15.3 Å². The lowest BCUT2D eigenvalue weighted by Gasteiger charge is -2.02. The summed E-state index contributed by atoms with van der Waals surface area (Å²) in [6, 6.07) is 7.11. The Balaban J connectivity index is 2.26. The van der Waals surface area contributed by atoms with E-state index in [0.717, 1.165) is 5.56 Å². The molecule has 6 heteroatoms. The van der Waals surface area contributed by atoms with Crippen molar-refractivity contribution in [1.82, 2.24) is 9.97 Å². The predicted octanol–water partition coefficient (Wildman–Crippen LogP) is 2.89. The molecule has 17 heavy (non-hydrogen) atoms. The van der Waals surface area contributed by atoms with Crippen LogP contribution in [-0.4, -0.2) is 21.2 Å². The molecule has 1 heterocycles. The molecule has 0 atom stereocenters. The molecule has 0 aliphatic rings. The van der Waals surface area contributed by atoms with Crippen LogP contribution in [-0.2, 0) is 0 Å². The van der Waals surface area contributed by atoms with Gasteiger partial charge in [-0.3, -0.25) is 5.32 Å². The maximum absolute atomic E-state index is 10.4. The maximum Gasteiger partial charge on any atom is 0.409 e. The molecule has 86 valence electrons. The molecule has 0 spiro atoms. The molecule has 2 rings (SSSR count). The van der Waals surface area contributed by atoms with Crippen LogP contribution in [0.3, 0.4) is 0 Å². The number of hydrogen-bond acceptors (Lipinski definition) is 3. The Hall–Kier alpha value is -2.14. The van der Waals surface area contributed by atoms with Crippen LogP contribution >= 0.6 is 11.6 Å². The van der Waals surface area contributed by atoms with E-state index in [9.17, 15) is 4.79 Å². The van der Waals surface area contributed by atoms with Crippen LogP contribution in [0.1, 0.15) is 0 Å². The third-order valence-corrected chi connectivity index (χ3v) is 2.22. The fourth-order valence-electron chi connectivity index (χ4n) is 1.29. The molecule has 0 saturated heterocycles. The second-order valence-electron chi connectivity index (χ2n) is 3.24. The lowest BCUT2D eigenvalue weighted by Crippen LogP contribution is -2.07. The Labute approximate surface area is 102 Å². The molecule has 0 unspecified atom stereocenters. The summed E-state index contributed by atoms with van der Waals surface area (Å²) in [5.74, 6) is 0.489. The van der Waals surface area contributed by atoms with Crippen molar-refractivity contribution in [1.29, 1.82) is 0 Å². The molecule has 1 aromatic heterocycles. The van der Waals surface area contributed by atoms with Crippen molar-refractivity contribution in [2.45, 2.75) is 0 Å². The number of aromatic nitrogens is 2. The first-order valence-corrected chi connectivity index (χ1v) is 5.11. The van der Waals surface area contributed by atoms with Gasteiger partial charge in [-0.25, -0.2) is 14.8 Å². The number of halogens is 1. The van der Waals surface area contributed by atoms with Gasteiger partial charge in [-0.05, 0) is 12.1 Å². The van der Waals surface area contributed by atoms with Crippen molar-refractivity contribution in [3.63, 3.8) is 0 Å². The summed E-state index contributed by atoms with van der Waals surface area (Å²) in [5.41, 5.74) is 1.10. The Bertz CT molecular complexity index is 543. The zero-order chi connectivity index (χ0) is 12.3. The Kier molecular flexibility index (Phi) is 3.20. The van der Waals surface area contributed by atoms with Gasteiger partial charge in [0.2, 0.25) is 0 Å². The lowest BCUT2D eigenvalue weighted by molar-refractivity contribution is 0.209. The number of hydrogen-bond donors (Lipinski definition) is 2. The number of amides is 1. The molecular weight excluding hydrogens is 242 g/mol. The predicted molar refractivity (Wildman–Crippen MR) is 64.1 cm³/mol.